The lowest BCUT2D eigenvalue weighted by molar-refractivity contribution is 0.0702. The van der Waals surface area contributed by atoms with Crippen LogP contribution in [-0.4, -0.2) is 61.5 Å². The summed E-state index contributed by atoms with van der Waals surface area (Å²) in [6.07, 6.45) is 5.16. The number of thioether (sulfide) groups is 2. The third-order valence-electron chi connectivity index (χ3n) is 3.24. The van der Waals surface area contributed by atoms with E-state index in [1.54, 1.807) is 11.0 Å². The molecule has 1 aromatic heterocycles. The number of nitrogens with zero attached hydrogens (tertiary/aromatic N) is 2. The molecular weight excluding hydrogens is 356 g/mol. The van der Waals surface area contributed by atoms with E-state index in [1.165, 1.54) is 29.7 Å². The zero-order valence-electron chi connectivity index (χ0n) is 12.5. The Kier molecular flexibility index (Phi) is 6.94. The number of thiazole rings is 1. The number of hydrogen-bond acceptors (Lipinski definition) is 7. The summed E-state index contributed by atoms with van der Waals surface area (Å²) in [5.41, 5.74) is 0. The summed E-state index contributed by atoms with van der Waals surface area (Å²) in [7, 11) is 0. The molecule has 23 heavy (non-hydrogen) atoms. The number of aliphatic hydroxyl groups excluding tert-OH is 1. The molecule has 1 aliphatic rings. The van der Waals surface area contributed by atoms with E-state index in [0.29, 0.717) is 28.8 Å². The molecule has 0 radical (unpaired) electrons. The molecule has 0 saturated carbocycles. The molecule has 126 valence electrons. The Hall–Kier alpha value is -1.03. The van der Waals surface area contributed by atoms with Gasteiger partial charge in [0.25, 0.3) is 5.24 Å². The first kappa shape index (κ1) is 18.3. The van der Waals surface area contributed by atoms with Gasteiger partial charge in [0.2, 0.25) is 0 Å². The smallest absolute Gasteiger partial charge is 0.347 e. The van der Waals surface area contributed by atoms with Gasteiger partial charge in [0.05, 0.1) is 18.3 Å². The van der Waals surface area contributed by atoms with Crippen molar-refractivity contribution in [3.63, 3.8) is 0 Å². The highest BCUT2D eigenvalue weighted by Crippen LogP contribution is 2.28. The Morgan fingerprint density at radius 2 is 2.43 bits per heavy atom. The maximum absolute atomic E-state index is 11.9. The Morgan fingerprint density at radius 3 is 3.09 bits per heavy atom. The SMILES string of the molecule is CC[C@H](O)/C=C/[C@H]1CSC(=O)N1CCSc1ncc(C(=O)O)s1. The summed E-state index contributed by atoms with van der Waals surface area (Å²) < 4.78 is 0.690. The monoisotopic (exact) mass is 374 g/mol. The van der Waals surface area contributed by atoms with Gasteiger partial charge in [0, 0.05) is 18.1 Å². The summed E-state index contributed by atoms with van der Waals surface area (Å²) in [6, 6.07) is 0.000162. The average Bonchev–Trinajstić information content (AvgIpc) is 3.13. The van der Waals surface area contributed by atoms with Crippen LogP contribution in [0.4, 0.5) is 4.79 Å². The first-order valence-electron chi connectivity index (χ1n) is 7.13. The van der Waals surface area contributed by atoms with Crippen LogP contribution in [0.25, 0.3) is 0 Å². The number of rotatable bonds is 8. The van der Waals surface area contributed by atoms with Crippen LogP contribution in [-0.2, 0) is 0 Å². The topological polar surface area (TPSA) is 90.7 Å². The molecule has 1 aromatic rings. The molecule has 2 atom stereocenters. The van der Waals surface area contributed by atoms with Crippen LogP contribution >= 0.6 is 34.9 Å². The summed E-state index contributed by atoms with van der Waals surface area (Å²) >= 11 is 3.87. The number of aliphatic hydroxyl groups is 1. The molecule has 9 heteroatoms. The molecule has 1 fully saturated rings. The fraction of sp³-hybridized carbons (Fsp3) is 0.500. The Balaban J connectivity index is 1.85. The van der Waals surface area contributed by atoms with Crippen molar-refractivity contribution < 1.29 is 19.8 Å². The van der Waals surface area contributed by atoms with Crippen LogP contribution in [0.2, 0.25) is 0 Å². The molecule has 2 N–H and O–H groups in total. The van der Waals surface area contributed by atoms with Gasteiger partial charge in [-0.3, -0.25) is 4.79 Å². The molecule has 0 aromatic carbocycles. The van der Waals surface area contributed by atoms with Crippen LogP contribution in [0.5, 0.6) is 0 Å². The molecule has 6 nitrogen and oxygen atoms in total. The van der Waals surface area contributed by atoms with Gasteiger partial charge in [0.15, 0.2) is 4.34 Å². The summed E-state index contributed by atoms with van der Waals surface area (Å²) in [4.78, 5) is 28.8. The summed E-state index contributed by atoms with van der Waals surface area (Å²) in [5, 5.41) is 18.5. The zero-order valence-corrected chi connectivity index (χ0v) is 15.0. The second-order valence-corrected chi connectivity index (χ2v) is 8.19. The lowest BCUT2D eigenvalue weighted by atomic mass is 10.2. The highest BCUT2D eigenvalue weighted by atomic mass is 32.2. The van der Waals surface area contributed by atoms with Gasteiger partial charge in [-0.15, -0.1) is 11.3 Å². The van der Waals surface area contributed by atoms with Crippen molar-refractivity contribution in [1.29, 1.82) is 0 Å². The maximum atomic E-state index is 11.9. The Bertz CT molecular complexity index is 590. The van der Waals surface area contributed by atoms with E-state index < -0.39 is 12.1 Å². The quantitative estimate of drug-likeness (QED) is 0.534. The molecule has 2 heterocycles. The number of carbonyl (C=O) groups excluding carboxylic acids is 1. The zero-order chi connectivity index (χ0) is 16.8. The molecule has 0 bridgehead atoms. The van der Waals surface area contributed by atoms with Crippen molar-refractivity contribution in [2.45, 2.75) is 29.8 Å². The minimum Gasteiger partial charge on any atom is -0.477 e. The van der Waals surface area contributed by atoms with Gasteiger partial charge in [-0.1, -0.05) is 42.6 Å². The minimum absolute atomic E-state index is 0.000162. The van der Waals surface area contributed by atoms with Crippen molar-refractivity contribution >= 4 is 46.1 Å². The van der Waals surface area contributed by atoms with Gasteiger partial charge in [0.1, 0.15) is 4.88 Å². The van der Waals surface area contributed by atoms with Crippen molar-refractivity contribution in [2.24, 2.45) is 0 Å². The molecule has 1 aliphatic heterocycles. The van der Waals surface area contributed by atoms with Gasteiger partial charge in [-0.2, -0.15) is 0 Å². The number of carbonyl (C=O) groups is 2. The van der Waals surface area contributed by atoms with Crippen molar-refractivity contribution in [2.75, 3.05) is 18.1 Å². The molecule has 1 saturated heterocycles. The fourth-order valence-electron chi connectivity index (χ4n) is 1.93. The second kappa shape index (κ2) is 8.72. The van der Waals surface area contributed by atoms with E-state index in [2.05, 4.69) is 4.98 Å². The predicted molar refractivity (Wildman–Crippen MR) is 93.6 cm³/mol. The van der Waals surface area contributed by atoms with Crippen LogP contribution in [0.1, 0.15) is 23.0 Å². The number of carboxylic acids is 1. The second-order valence-electron chi connectivity index (χ2n) is 4.84. The molecule has 2 rings (SSSR count). The molecule has 1 amide bonds. The van der Waals surface area contributed by atoms with Gasteiger partial charge in [-0.05, 0) is 6.42 Å². The van der Waals surface area contributed by atoms with Crippen molar-refractivity contribution in [3.8, 4) is 0 Å². The summed E-state index contributed by atoms with van der Waals surface area (Å²) in [5.74, 6) is 0.372. The van der Waals surface area contributed by atoms with Crippen molar-refractivity contribution in [1.82, 2.24) is 9.88 Å². The van der Waals surface area contributed by atoms with Crippen LogP contribution in [0, 0.1) is 0 Å². The van der Waals surface area contributed by atoms with Gasteiger partial charge < -0.3 is 15.1 Å². The lowest BCUT2D eigenvalue weighted by Crippen LogP contribution is -2.33. The molecule has 0 spiro atoms. The molecular formula is C14H18N2O4S3. The number of hydrogen-bond donors (Lipinski definition) is 2. The van der Waals surface area contributed by atoms with E-state index in [9.17, 15) is 14.7 Å². The number of aromatic carboxylic acids is 1. The number of carboxylic acid groups (broad SMARTS) is 1. The fourth-order valence-corrected chi connectivity index (χ4v) is 4.76. The predicted octanol–water partition coefficient (Wildman–Crippen LogP) is 2.80. The highest BCUT2D eigenvalue weighted by Gasteiger charge is 2.29. The maximum Gasteiger partial charge on any atom is 0.347 e. The Labute approximate surface area is 147 Å². The van der Waals surface area contributed by atoms with E-state index in [-0.39, 0.29) is 16.2 Å². The van der Waals surface area contributed by atoms with Crippen LogP contribution in [0.3, 0.4) is 0 Å². The summed E-state index contributed by atoms with van der Waals surface area (Å²) in [6.45, 7) is 2.47. The van der Waals surface area contributed by atoms with Gasteiger partial charge >= 0.3 is 5.97 Å². The lowest BCUT2D eigenvalue weighted by Gasteiger charge is -2.21. The minimum atomic E-state index is -0.972. The molecule has 0 unspecified atom stereocenters. The third kappa shape index (κ3) is 5.23. The first-order chi connectivity index (χ1) is 11.0. The van der Waals surface area contributed by atoms with E-state index in [0.717, 1.165) is 11.3 Å². The Morgan fingerprint density at radius 1 is 1.65 bits per heavy atom. The van der Waals surface area contributed by atoms with Crippen LogP contribution < -0.4 is 0 Å². The standard InChI is InChI=1S/C14H18N2O4S3/c1-2-10(17)4-3-9-8-22-14(20)16(9)5-6-21-13-15-7-11(23-13)12(18)19/h3-4,7,9-10,17H,2,5-6,8H2,1H3,(H,18,19)/b4-3+/t9-,10-/m0/s1. The van der Waals surface area contributed by atoms with E-state index in [4.69, 9.17) is 5.11 Å². The number of aromatic nitrogens is 1. The molecule has 0 aliphatic carbocycles. The van der Waals surface area contributed by atoms with Gasteiger partial charge in [-0.25, -0.2) is 9.78 Å². The average molecular weight is 375 g/mol. The van der Waals surface area contributed by atoms with E-state index in [1.807, 2.05) is 13.0 Å². The van der Waals surface area contributed by atoms with E-state index >= 15 is 0 Å². The van der Waals surface area contributed by atoms with Crippen LogP contribution in [0.15, 0.2) is 22.7 Å². The number of amides is 1. The third-order valence-corrected chi connectivity index (χ3v) is 6.35. The first-order valence-corrected chi connectivity index (χ1v) is 9.91. The highest BCUT2D eigenvalue weighted by molar-refractivity contribution is 8.13. The largest absolute Gasteiger partial charge is 0.477 e. The van der Waals surface area contributed by atoms with Crippen molar-refractivity contribution in [3.05, 3.63) is 23.2 Å². The normalized spacial score (nSPS) is 19.7.